The first kappa shape index (κ1) is 15.2. The summed E-state index contributed by atoms with van der Waals surface area (Å²) in [6, 6.07) is 0. The third-order valence-corrected chi connectivity index (χ3v) is 5.13. The van der Waals surface area contributed by atoms with Gasteiger partial charge in [-0.3, -0.25) is 0 Å². The van der Waals surface area contributed by atoms with Crippen LogP contribution >= 0.6 is 0 Å². The molecule has 0 saturated heterocycles. The molecule has 132 valence electrons. The molecule has 9 nitrogen and oxygen atoms in total. The van der Waals surface area contributed by atoms with E-state index in [1.807, 2.05) is 24.0 Å². The second-order valence-corrected chi connectivity index (χ2v) is 6.70. The van der Waals surface area contributed by atoms with Crippen molar-refractivity contribution in [3.05, 3.63) is 30.5 Å². The summed E-state index contributed by atoms with van der Waals surface area (Å²) in [5.41, 5.74) is 3.40. The number of rotatable bonds is 4. The van der Waals surface area contributed by atoms with Gasteiger partial charge in [0.2, 0.25) is 0 Å². The van der Waals surface area contributed by atoms with Gasteiger partial charge in [-0.2, -0.15) is 10.2 Å². The SMILES string of the molecule is CCn1ncc2c(Nc3cnncn3)c(C3=NOC4(CCC4)C3)cnc21. The normalized spacial score (nSPS) is 17.8. The van der Waals surface area contributed by atoms with Gasteiger partial charge in [0, 0.05) is 24.7 Å². The molecule has 0 aromatic carbocycles. The van der Waals surface area contributed by atoms with Crippen molar-refractivity contribution in [2.75, 3.05) is 5.32 Å². The van der Waals surface area contributed by atoms with Crippen molar-refractivity contribution < 1.29 is 4.84 Å². The Morgan fingerprint density at radius 1 is 1.19 bits per heavy atom. The second kappa shape index (κ2) is 5.72. The lowest BCUT2D eigenvalue weighted by molar-refractivity contribution is -0.0755. The Hall–Kier alpha value is -3.10. The van der Waals surface area contributed by atoms with Crippen LogP contribution in [0.2, 0.25) is 0 Å². The summed E-state index contributed by atoms with van der Waals surface area (Å²) in [6.45, 7) is 2.79. The average Bonchev–Trinajstić information content (AvgIpc) is 3.27. The number of aromatic nitrogens is 6. The quantitative estimate of drug-likeness (QED) is 0.770. The standard InChI is InChI=1S/C17H18N8O/c1-2-25-16-12(8-22-25)15(23-14-9-20-21-10-19-14)11(7-18-16)13-6-17(26-24-13)4-3-5-17/h7-10H,2-6H2,1H3,(H,18,19,21,23). The number of hydrogen-bond acceptors (Lipinski definition) is 8. The van der Waals surface area contributed by atoms with Gasteiger partial charge >= 0.3 is 0 Å². The third kappa shape index (κ3) is 2.31. The molecule has 4 heterocycles. The van der Waals surface area contributed by atoms with Crippen molar-refractivity contribution in [3.8, 4) is 0 Å². The van der Waals surface area contributed by atoms with Gasteiger partial charge in [-0.15, -0.1) is 5.10 Å². The minimum absolute atomic E-state index is 0.106. The summed E-state index contributed by atoms with van der Waals surface area (Å²) in [7, 11) is 0. The van der Waals surface area contributed by atoms with Gasteiger partial charge in [-0.1, -0.05) is 5.16 Å². The predicted octanol–water partition coefficient (Wildman–Crippen LogP) is 2.43. The summed E-state index contributed by atoms with van der Waals surface area (Å²) in [4.78, 5) is 14.6. The Balaban J connectivity index is 1.61. The van der Waals surface area contributed by atoms with Crippen LogP contribution in [0.15, 0.2) is 30.1 Å². The summed E-state index contributed by atoms with van der Waals surface area (Å²) in [5.74, 6) is 0.607. The van der Waals surface area contributed by atoms with Crippen LogP contribution in [0.3, 0.4) is 0 Å². The zero-order valence-electron chi connectivity index (χ0n) is 14.4. The number of fused-ring (bicyclic) bond motifs is 1. The molecule has 1 spiro atoms. The van der Waals surface area contributed by atoms with E-state index in [9.17, 15) is 0 Å². The molecule has 1 N–H and O–H groups in total. The van der Waals surface area contributed by atoms with Crippen LogP contribution in [-0.4, -0.2) is 41.3 Å². The molecule has 26 heavy (non-hydrogen) atoms. The number of nitrogens with zero attached hydrogens (tertiary/aromatic N) is 7. The molecule has 3 aromatic heterocycles. The number of hydrogen-bond donors (Lipinski definition) is 1. The maximum Gasteiger partial charge on any atom is 0.159 e. The lowest BCUT2D eigenvalue weighted by Gasteiger charge is -2.34. The summed E-state index contributed by atoms with van der Waals surface area (Å²) in [6.07, 6.45) is 10.8. The Morgan fingerprint density at radius 2 is 2.12 bits per heavy atom. The largest absolute Gasteiger partial charge is 0.389 e. The summed E-state index contributed by atoms with van der Waals surface area (Å²) in [5, 5.41) is 20.7. The lowest BCUT2D eigenvalue weighted by atomic mass is 9.76. The zero-order chi connectivity index (χ0) is 17.6. The van der Waals surface area contributed by atoms with Crippen molar-refractivity contribution in [1.29, 1.82) is 0 Å². The molecule has 0 amide bonds. The molecule has 0 atom stereocenters. The van der Waals surface area contributed by atoms with Crippen LogP contribution in [0.1, 0.15) is 38.2 Å². The number of anilines is 2. The van der Waals surface area contributed by atoms with Crippen molar-refractivity contribution in [2.24, 2.45) is 5.16 Å². The summed E-state index contributed by atoms with van der Waals surface area (Å²) < 4.78 is 1.86. The smallest absolute Gasteiger partial charge is 0.159 e. The average molecular weight is 350 g/mol. The Kier molecular flexibility index (Phi) is 3.34. The number of aryl methyl sites for hydroxylation is 1. The van der Waals surface area contributed by atoms with E-state index in [-0.39, 0.29) is 5.60 Å². The van der Waals surface area contributed by atoms with Crippen LogP contribution in [0.5, 0.6) is 0 Å². The number of pyridine rings is 1. The van der Waals surface area contributed by atoms with Gasteiger partial charge in [-0.25, -0.2) is 14.6 Å². The van der Waals surface area contributed by atoms with Gasteiger partial charge in [0.15, 0.2) is 11.5 Å². The number of oxime groups is 1. The van der Waals surface area contributed by atoms with Crippen molar-refractivity contribution in [2.45, 2.75) is 44.8 Å². The molecule has 5 rings (SSSR count). The van der Waals surface area contributed by atoms with Crippen molar-refractivity contribution >= 4 is 28.3 Å². The van der Waals surface area contributed by atoms with E-state index in [0.29, 0.717) is 5.82 Å². The molecule has 1 saturated carbocycles. The van der Waals surface area contributed by atoms with Crippen LogP contribution in [0, 0.1) is 0 Å². The fourth-order valence-electron chi connectivity index (χ4n) is 3.55. The lowest BCUT2D eigenvalue weighted by Crippen LogP contribution is -2.37. The predicted molar refractivity (Wildman–Crippen MR) is 95.1 cm³/mol. The third-order valence-electron chi connectivity index (χ3n) is 5.13. The minimum Gasteiger partial charge on any atom is -0.389 e. The highest BCUT2D eigenvalue weighted by molar-refractivity contribution is 6.11. The first-order valence-electron chi connectivity index (χ1n) is 8.78. The highest BCUT2D eigenvalue weighted by Crippen LogP contribution is 2.44. The van der Waals surface area contributed by atoms with Crippen LogP contribution in [0.25, 0.3) is 11.0 Å². The van der Waals surface area contributed by atoms with Gasteiger partial charge < -0.3 is 10.2 Å². The fourth-order valence-corrected chi connectivity index (χ4v) is 3.55. The van der Waals surface area contributed by atoms with Crippen LogP contribution in [0.4, 0.5) is 11.5 Å². The molecule has 0 bridgehead atoms. The topological polar surface area (TPSA) is 103 Å². The molecule has 0 radical (unpaired) electrons. The Morgan fingerprint density at radius 3 is 2.81 bits per heavy atom. The van der Waals surface area contributed by atoms with E-state index in [0.717, 1.165) is 53.8 Å². The first-order chi connectivity index (χ1) is 12.8. The highest BCUT2D eigenvalue weighted by atomic mass is 16.7. The molecule has 3 aromatic rings. The molecular formula is C17H18N8O. The maximum absolute atomic E-state index is 5.76. The second-order valence-electron chi connectivity index (χ2n) is 6.70. The van der Waals surface area contributed by atoms with Gasteiger partial charge in [-0.05, 0) is 26.2 Å². The molecule has 1 fully saturated rings. The molecule has 2 aliphatic rings. The zero-order valence-corrected chi connectivity index (χ0v) is 14.4. The van der Waals surface area contributed by atoms with Crippen molar-refractivity contribution in [1.82, 2.24) is 29.9 Å². The van der Waals surface area contributed by atoms with E-state index in [1.165, 1.54) is 12.7 Å². The Labute approximate surface area is 149 Å². The Bertz CT molecular complexity index is 993. The monoisotopic (exact) mass is 350 g/mol. The van der Waals surface area contributed by atoms with E-state index in [1.54, 1.807) is 6.20 Å². The fraction of sp³-hybridized carbons (Fsp3) is 0.412. The van der Waals surface area contributed by atoms with Gasteiger partial charge in [0.05, 0.1) is 29.2 Å². The van der Waals surface area contributed by atoms with E-state index in [4.69, 9.17) is 4.84 Å². The molecule has 0 unspecified atom stereocenters. The molecule has 1 aliphatic carbocycles. The van der Waals surface area contributed by atoms with Crippen molar-refractivity contribution in [3.63, 3.8) is 0 Å². The van der Waals surface area contributed by atoms with Gasteiger partial charge in [0.25, 0.3) is 0 Å². The van der Waals surface area contributed by atoms with E-state index < -0.39 is 0 Å². The van der Waals surface area contributed by atoms with E-state index >= 15 is 0 Å². The van der Waals surface area contributed by atoms with Crippen LogP contribution < -0.4 is 5.32 Å². The molecule has 9 heteroatoms. The van der Waals surface area contributed by atoms with Gasteiger partial charge in [0.1, 0.15) is 11.9 Å². The van der Waals surface area contributed by atoms with E-state index in [2.05, 4.69) is 35.7 Å². The maximum atomic E-state index is 5.76. The summed E-state index contributed by atoms with van der Waals surface area (Å²) >= 11 is 0. The molecular weight excluding hydrogens is 332 g/mol. The van der Waals surface area contributed by atoms with Crippen LogP contribution in [-0.2, 0) is 11.4 Å². The molecule has 1 aliphatic heterocycles. The minimum atomic E-state index is -0.106. The highest BCUT2D eigenvalue weighted by Gasteiger charge is 2.45. The number of nitrogens with one attached hydrogen (secondary N) is 1. The first-order valence-corrected chi connectivity index (χ1v) is 8.78.